The summed E-state index contributed by atoms with van der Waals surface area (Å²) in [5.74, 6) is -0.936. The number of carbonyl (C=O) groups is 1. The van der Waals surface area contributed by atoms with Crippen molar-refractivity contribution in [2.45, 2.75) is 13.3 Å². The van der Waals surface area contributed by atoms with Gasteiger partial charge in [-0.15, -0.1) is 13.2 Å². The van der Waals surface area contributed by atoms with E-state index in [1.807, 2.05) is 18.2 Å². The van der Waals surface area contributed by atoms with Crippen molar-refractivity contribution >= 4 is 11.7 Å². The van der Waals surface area contributed by atoms with Crippen LogP contribution < -0.4 is 10.1 Å². The zero-order chi connectivity index (χ0) is 18.7. The summed E-state index contributed by atoms with van der Waals surface area (Å²) in [6.45, 7) is 1.74. The molecule has 2 aromatic carbocycles. The normalized spacial score (nSPS) is 11.2. The maximum Gasteiger partial charge on any atom is 0.573 e. The molecule has 0 saturated carbocycles. The van der Waals surface area contributed by atoms with Gasteiger partial charge in [-0.1, -0.05) is 30.3 Å². The van der Waals surface area contributed by atoms with Crippen molar-refractivity contribution in [2.24, 2.45) is 0 Å². The van der Waals surface area contributed by atoms with Gasteiger partial charge in [0.15, 0.2) is 0 Å². The van der Waals surface area contributed by atoms with Gasteiger partial charge in [0.2, 0.25) is 0 Å². The molecule has 1 aromatic heterocycles. The molecule has 1 amide bonds. The first kappa shape index (κ1) is 17.5. The van der Waals surface area contributed by atoms with E-state index in [1.165, 1.54) is 22.9 Å². The van der Waals surface area contributed by atoms with E-state index >= 15 is 0 Å². The molecule has 134 valence electrons. The molecule has 0 bridgehead atoms. The number of nitrogens with zero attached hydrogens (tertiary/aromatic N) is 2. The van der Waals surface area contributed by atoms with E-state index in [2.05, 4.69) is 15.2 Å². The Hall–Kier alpha value is -3.29. The first-order chi connectivity index (χ1) is 12.3. The van der Waals surface area contributed by atoms with Crippen LogP contribution in [0.2, 0.25) is 0 Å². The first-order valence-electron chi connectivity index (χ1n) is 7.61. The average molecular weight is 361 g/mol. The summed E-state index contributed by atoms with van der Waals surface area (Å²) in [4.78, 5) is 12.6. The van der Waals surface area contributed by atoms with E-state index in [9.17, 15) is 18.0 Å². The SMILES string of the molecule is Cc1cnn(-c2ccccc2)c1NC(=O)c1ccccc1OC(F)(F)F. The van der Waals surface area contributed by atoms with Crippen LogP contribution in [-0.4, -0.2) is 22.1 Å². The van der Waals surface area contributed by atoms with Gasteiger partial charge in [0, 0.05) is 5.56 Å². The first-order valence-corrected chi connectivity index (χ1v) is 7.61. The lowest BCUT2D eigenvalue weighted by Gasteiger charge is -2.14. The minimum atomic E-state index is -4.89. The molecule has 5 nitrogen and oxygen atoms in total. The monoisotopic (exact) mass is 361 g/mol. The Morgan fingerprint density at radius 1 is 1.08 bits per heavy atom. The Labute approximate surface area is 147 Å². The summed E-state index contributed by atoms with van der Waals surface area (Å²) in [6, 6.07) is 14.2. The molecule has 1 N–H and O–H groups in total. The number of halogens is 3. The number of aryl methyl sites for hydroxylation is 1. The van der Waals surface area contributed by atoms with Gasteiger partial charge in [-0.05, 0) is 31.2 Å². The molecule has 0 aliphatic rings. The Morgan fingerprint density at radius 3 is 2.42 bits per heavy atom. The number of benzene rings is 2. The molecule has 3 aromatic rings. The van der Waals surface area contributed by atoms with Crippen LogP contribution in [-0.2, 0) is 0 Å². The highest BCUT2D eigenvalue weighted by Crippen LogP contribution is 2.27. The van der Waals surface area contributed by atoms with Gasteiger partial charge in [0.1, 0.15) is 11.6 Å². The fraction of sp³-hybridized carbons (Fsp3) is 0.111. The van der Waals surface area contributed by atoms with E-state index in [0.717, 1.165) is 6.07 Å². The van der Waals surface area contributed by atoms with Crippen molar-refractivity contribution in [1.29, 1.82) is 0 Å². The Kier molecular flexibility index (Phi) is 4.66. The zero-order valence-corrected chi connectivity index (χ0v) is 13.6. The lowest BCUT2D eigenvalue weighted by atomic mass is 10.2. The minimum absolute atomic E-state index is 0.231. The van der Waals surface area contributed by atoms with Crippen molar-refractivity contribution in [3.8, 4) is 11.4 Å². The lowest BCUT2D eigenvalue weighted by Crippen LogP contribution is -2.21. The largest absolute Gasteiger partial charge is 0.573 e. The fourth-order valence-corrected chi connectivity index (χ4v) is 2.39. The number of carbonyl (C=O) groups excluding carboxylic acids is 1. The van der Waals surface area contributed by atoms with Crippen molar-refractivity contribution in [1.82, 2.24) is 9.78 Å². The molecule has 1 heterocycles. The number of rotatable bonds is 4. The molecule has 3 rings (SSSR count). The minimum Gasteiger partial charge on any atom is -0.405 e. The molecular weight excluding hydrogens is 347 g/mol. The van der Waals surface area contributed by atoms with Crippen LogP contribution in [0.25, 0.3) is 5.69 Å². The van der Waals surface area contributed by atoms with Crippen molar-refractivity contribution in [3.63, 3.8) is 0 Å². The quantitative estimate of drug-likeness (QED) is 0.752. The third kappa shape index (κ3) is 3.85. The van der Waals surface area contributed by atoms with Crippen LogP contribution in [0.4, 0.5) is 19.0 Å². The average Bonchev–Trinajstić information content (AvgIpc) is 2.95. The molecule has 0 saturated heterocycles. The topological polar surface area (TPSA) is 56.2 Å². The van der Waals surface area contributed by atoms with E-state index in [1.54, 1.807) is 25.3 Å². The molecule has 0 unspecified atom stereocenters. The number of hydrogen-bond acceptors (Lipinski definition) is 3. The number of hydrogen-bond donors (Lipinski definition) is 1. The Bertz CT molecular complexity index is 921. The van der Waals surface area contributed by atoms with Crippen molar-refractivity contribution in [3.05, 3.63) is 71.9 Å². The van der Waals surface area contributed by atoms with Crippen LogP contribution in [0.3, 0.4) is 0 Å². The van der Waals surface area contributed by atoms with E-state index in [-0.39, 0.29) is 5.56 Å². The Balaban J connectivity index is 1.92. The number of amides is 1. The number of alkyl halides is 3. The molecule has 0 radical (unpaired) electrons. The third-order valence-electron chi connectivity index (χ3n) is 3.54. The molecular formula is C18H14F3N3O2. The molecule has 0 fully saturated rings. The highest BCUT2D eigenvalue weighted by Gasteiger charge is 2.33. The van der Waals surface area contributed by atoms with Gasteiger partial charge >= 0.3 is 6.36 Å². The van der Waals surface area contributed by atoms with E-state index in [0.29, 0.717) is 17.1 Å². The Morgan fingerprint density at radius 2 is 1.73 bits per heavy atom. The zero-order valence-electron chi connectivity index (χ0n) is 13.6. The maximum absolute atomic E-state index is 12.6. The van der Waals surface area contributed by atoms with Gasteiger partial charge in [-0.3, -0.25) is 4.79 Å². The lowest BCUT2D eigenvalue weighted by molar-refractivity contribution is -0.274. The van der Waals surface area contributed by atoms with Gasteiger partial charge in [0.25, 0.3) is 5.91 Å². The maximum atomic E-state index is 12.6. The van der Waals surface area contributed by atoms with Crippen LogP contribution in [0.5, 0.6) is 5.75 Å². The molecule has 0 spiro atoms. The fourth-order valence-electron chi connectivity index (χ4n) is 2.39. The number of nitrogens with one attached hydrogen (secondary N) is 1. The number of para-hydroxylation sites is 2. The highest BCUT2D eigenvalue weighted by molar-refractivity contribution is 6.06. The predicted molar refractivity (Wildman–Crippen MR) is 89.4 cm³/mol. The summed E-state index contributed by atoms with van der Waals surface area (Å²) < 4.78 is 43.1. The highest BCUT2D eigenvalue weighted by atomic mass is 19.4. The summed E-state index contributed by atoms with van der Waals surface area (Å²) in [5.41, 5.74) is 1.14. The molecule has 0 atom stereocenters. The van der Waals surface area contributed by atoms with Gasteiger partial charge in [-0.2, -0.15) is 5.10 Å². The second-order valence-corrected chi connectivity index (χ2v) is 5.42. The van der Waals surface area contributed by atoms with Gasteiger partial charge < -0.3 is 10.1 Å². The van der Waals surface area contributed by atoms with Gasteiger partial charge in [0.05, 0.1) is 17.4 Å². The molecule has 26 heavy (non-hydrogen) atoms. The predicted octanol–water partition coefficient (Wildman–Crippen LogP) is 4.33. The summed E-state index contributed by atoms with van der Waals surface area (Å²) in [5, 5.41) is 6.82. The smallest absolute Gasteiger partial charge is 0.405 e. The standard InChI is InChI=1S/C18H14F3N3O2/c1-12-11-22-24(13-7-3-2-4-8-13)16(12)23-17(25)14-9-5-6-10-15(14)26-18(19,20)21/h2-11H,1H3,(H,23,25). The second-order valence-electron chi connectivity index (χ2n) is 5.42. The van der Waals surface area contributed by atoms with E-state index < -0.39 is 18.0 Å². The van der Waals surface area contributed by atoms with Crippen LogP contribution >= 0.6 is 0 Å². The number of anilines is 1. The van der Waals surface area contributed by atoms with Crippen molar-refractivity contribution in [2.75, 3.05) is 5.32 Å². The summed E-state index contributed by atoms with van der Waals surface area (Å²) in [7, 11) is 0. The molecule has 0 aliphatic carbocycles. The van der Waals surface area contributed by atoms with Crippen molar-refractivity contribution < 1.29 is 22.7 Å². The summed E-state index contributed by atoms with van der Waals surface area (Å²) in [6.07, 6.45) is -3.33. The third-order valence-corrected chi connectivity index (χ3v) is 3.54. The molecule has 0 aliphatic heterocycles. The van der Waals surface area contributed by atoms with E-state index in [4.69, 9.17) is 0 Å². The molecule has 8 heteroatoms. The van der Waals surface area contributed by atoms with Crippen LogP contribution in [0.15, 0.2) is 60.8 Å². The number of ether oxygens (including phenoxy) is 1. The summed E-state index contributed by atoms with van der Waals surface area (Å²) >= 11 is 0. The second kappa shape index (κ2) is 6.91. The number of aromatic nitrogens is 2. The van der Waals surface area contributed by atoms with Crippen LogP contribution in [0.1, 0.15) is 15.9 Å². The van der Waals surface area contributed by atoms with Crippen LogP contribution in [0, 0.1) is 6.92 Å². The van der Waals surface area contributed by atoms with Gasteiger partial charge in [-0.25, -0.2) is 4.68 Å².